The molecule has 13 atom stereocenters. The lowest BCUT2D eigenvalue weighted by Crippen LogP contribution is -2.70. The van der Waals surface area contributed by atoms with E-state index in [1.807, 2.05) is 5.57 Å². The van der Waals surface area contributed by atoms with E-state index in [0.717, 1.165) is 60.9 Å². The van der Waals surface area contributed by atoms with Gasteiger partial charge in [0.2, 0.25) is 0 Å². The van der Waals surface area contributed by atoms with Gasteiger partial charge in [-0.05, 0) is 131 Å². The zero-order chi connectivity index (χ0) is 25.7. The average molecular weight is 514 g/mol. The van der Waals surface area contributed by atoms with Crippen molar-refractivity contribution in [3.63, 3.8) is 0 Å². The first kappa shape index (κ1) is 23.9. The quantitative estimate of drug-likeness (QED) is 0.240. The van der Waals surface area contributed by atoms with E-state index in [1.165, 1.54) is 83.5 Å². The van der Waals surface area contributed by atoms with Gasteiger partial charge >= 0.3 is 0 Å². The highest BCUT2D eigenvalue weighted by molar-refractivity contribution is 5.48. The Balaban J connectivity index is 1.29. The molecule has 9 aliphatic rings. The summed E-state index contributed by atoms with van der Waals surface area (Å²) in [6.45, 7) is 8.46. The molecule has 0 radical (unpaired) electrons. The first-order valence-electron chi connectivity index (χ1n) is 17.0. The van der Waals surface area contributed by atoms with Crippen LogP contribution >= 0.6 is 0 Å². The molecule has 4 spiro atoms. The van der Waals surface area contributed by atoms with Crippen LogP contribution in [0.3, 0.4) is 0 Å². The molecule has 9 rings (SSSR count). The fourth-order valence-electron chi connectivity index (χ4n) is 15.7. The van der Waals surface area contributed by atoms with Crippen LogP contribution in [-0.2, 0) is 0 Å². The largest absolute Gasteiger partial charge is 0.396 e. The highest BCUT2D eigenvalue weighted by Crippen LogP contribution is 2.89. The van der Waals surface area contributed by atoms with Crippen molar-refractivity contribution in [2.75, 3.05) is 6.61 Å². The van der Waals surface area contributed by atoms with Crippen molar-refractivity contribution in [3.8, 4) is 11.8 Å². The van der Waals surface area contributed by atoms with Crippen molar-refractivity contribution >= 4 is 0 Å². The van der Waals surface area contributed by atoms with E-state index in [9.17, 15) is 5.11 Å². The summed E-state index contributed by atoms with van der Waals surface area (Å²) >= 11 is 0. The lowest BCUT2D eigenvalue weighted by Gasteiger charge is -2.72. The van der Waals surface area contributed by atoms with Crippen molar-refractivity contribution in [1.29, 1.82) is 0 Å². The summed E-state index contributed by atoms with van der Waals surface area (Å²) in [4.78, 5) is 3.30. The van der Waals surface area contributed by atoms with E-state index in [1.54, 1.807) is 5.57 Å². The Morgan fingerprint density at radius 3 is 2.79 bits per heavy atom. The van der Waals surface area contributed by atoms with Crippen LogP contribution in [0, 0.1) is 63.1 Å². The standard InChI is InChI=1S/C36H51NO/c1-23-13-17-34-24(2)21-33-16-6-10-27(33)26-11-12-30-35-18-14-25(8-7-19-38)28(35)9-4-5-15-32(34,3)36(33,22-29(23)34)31(20-26)37(30)35/h24-28,30-31,38H,6-22H2,1-3H3. The Kier molecular flexibility index (Phi) is 4.61. The van der Waals surface area contributed by atoms with E-state index < -0.39 is 0 Å². The molecule has 3 aliphatic heterocycles. The Hall–Kier alpha value is -0.780. The smallest absolute Gasteiger partial charge is 0.0431 e. The zero-order valence-electron chi connectivity index (χ0n) is 24.5. The van der Waals surface area contributed by atoms with Gasteiger partial charge < -0.3 is 5.11 Å². The maximum absolute atomic E-state index is 9.69. The summed E-state index contributed by atoms with van der Waals surface area (Å²) in [7, 11) is 0. The molecule has 6 aliphatic carbocycles. The van der Waals surface area contributed by atoms with Crippen molar-refractivity contribution < 1.29 is 5.11 Å². The monoisotopic (exact) mass is 513 g/mol. The number of allylic oxidation sites excluding steroid dienone is 2. The predicted octanol–water partition coefficient (Wildman–Crippen LogP) is 7.51. The molecule has 0 amide bonds. The molecular weight excluding hydrogens is 462 g/mol. The highest BCUT2D eigenvalue weighted by atomic mass is 16.2. The molecule has 1 N–H and O–H groups in total. The Morgan fingerprint density at radius 2 is 1.92 bits per heavy atom. The molecule has 7 fully saturated rings. The van der Waals surface area contributed by atoms with Crippen LogP contribution in [0.25, 0.3) is 0 Å². The second-order valence-corrected chi connectivity index (χ2v) is 16.5. The molecule has 3 heterocycles. The summed E-state index contributed by atoms with van der Waals surface area (Å²) in [6, 6.07) is 1.63. The van der Waals surface area contributed by atoms with E-state index in [4.69, 9.17) is 0 Å². The molecule has 2 saturated heterocycles. The number of hydrogen-bond acceptors (Lipinski definition) is 2. The van der Waals surface area contributed by atoms with Crippen molar-refractivity contribution in [2.24, 2.45) is 51.2 Å². The second kappa shape index (κ2) is 7.34. The van der Waals surface area contributed by atoms with Crippen molar-refractivity contribution in [2.45, 2.75) is 141 Å². The molecular formula is C36H51NO. The van der Waals surface area contributed by atoms with Gasteiger partial charge in [0, 0.05) is 47.9 Å². The van der Waals surface area contributed by atoms with Gasteiger partial charge in [0.15, 0.2) is 0 Å². The van der Waals surface area contributed by atoms with Crippen LogP contribution in [0.5, 0.6) is 0 Å². The number of nitrogens with zero attached hydrogens (tertiary/aromatic N) is 1. The maximum atomic E-state index is 9.69. The lowest BCUT2D eigenvalue weighted by molar-refractivity contribution is -0.242. The van der Waals surface area contributed by atoms with Gasteiger partial charge in [-0.25, -0.2) is 0 Å². The number of fused-ring (bicyclic) bond motifs is 2. The van der Waals surface area contributed by atoms with E-state index in [0.29, 0.717) is 33.8 Å². The lowest BCUT2D eigenvalue weighted by atomic mass is 9.32. The number of rotatable bonds is 3. The molecule has 38 heavy (non-hydrogen) atoms. The van der Waals surface area contributed by atoms with E-state index >= 15 is 0 Å². The van der Waals surface area contributed by atoms with Gasteiger partial charge in [-0.15, -0.1) is 11.8 Å². The topological polar surface area (TPSA) is 23.2 Å². The first-order valence-corrected chi connectivity index (χ1v) is 17.0. The summed E-state index contributed by atoms with van der Waals surface area (Å²) < 4.78 is 0. The summed E-state index contributed by atoms with van der Waals surface area (Å²) in [5.41, 5.74) is 5.95. The minimum atomic E-state index is 0.330. The Morgan fingerprint density at radius 1 is 1.03 bits per heavy atom. The second-order valence-electron chi connectivity index (χ2n) is 16.5. The average Bonchev–Trinajstić information content (AvgIpc) is 3.16. The van der Waals surface area contributed by atoms with Gasteiger partial charge in [0.25, 0.3) is 0 Å². The van der Waals surface area contributed by atoms with Gasteiger partial charge in [-0.3, -0.25) is 4.90 Å². The fourth-order valence-corrected chi connectivity index (χ4v) is 15.7. The van der Waals surface area contributed by atoms with Crippen LogP contribution in [-0.4, -0.2) is 34.2 Å². The van der Waals surface area contributed by atoms with Gasteiger partial charge in [0.05, 0.1) is 0 Å². The van der Waals surface area contributed by atoms with Crippen LogP contribution in [0.15, 0.2) is 11.1 Å². The summed E-state index contributed by atoms with van der Waals surface area (Å²) in [6.07, 6.45) is 22.1. The molecule has 0 aromatic heterocycles. The zero-order valence-corrected chi connectivity index (χ0v) is 24.5. The third kappa shape index (κ3) is 2.22. The van der Waals surface area contributed by atoms with Crippen LogP contribution in [0.4, 0.5) is 0 Å². The van der Waals surface area contributed by atoms with E-state index in [-0.39, 0.29) is 0 Å². The van der Waals surface area contributed by atoms with Crippen LogP contribution < -0.4 is 0 Å². The molecule has 0 aromatic rings. The molecule has 206 valence electrons. The third-order valence-corrected chi connectivity index (χ3v) is 16.5. The van der Waals surface area contributed by atoms with Crippen molar-refractivity contribution in [3.05, 3.63) is 11.1 Å². The third-order valence-electron chi connectivity index (χ3n) is 16.5. The highest BCUT2D eigenvalue weighted by Gasteiger charge is 2.86. The van der Waals surface area contributed by atoms with Crippen molar-refractivity contribution in [1.82, 2.24) is 4.90 Å². The van der Waals surface area contributed by atoms with Crippen LogP contribution in [0.1, 0.15) is 124 Å². The molecule has 4 bridgehead atoms. The number of aliphatic hydroxyl groups excluding tert-OH is 1. The Labute approximate surface area is 231 Å². The molecule has 5 saturated carbocycles. The van der Waals surface area contributed by atoms with Gasteiger partial charge in [0.1, 0.15) is 0 Å². The molecule has 2 heteroatoms. The molecule has 13 unspecified atom stereocenters. The SMILES string of the molecule is CC1=C2CC34C5CC6CCC7N5C75CCC(CCCO)C5CC#CCC3(C)C2(CC1)C(C)CC41CCCC61. The van der Waals surface area contributed by atoms with Gasteiger partial charge in [-0.1, -0.05) is 31.4 Å². The van der Waals surface area contributed by atoms with E-state index in [2.05, 4.69) is 37.5 Å². The normalized spacial score (nSPS) is 60.4. The minimum Gasteiger partial charge on any atom is -0.396 e. The first-order chi connectivity index (χ1) is 18.4. The summed E-state index contributed by atoms with van der Waals surface area (Å²) in [5, 5.41) is 9.69. The van der Waals surface area contributed by atoms with Crippen LogP contribution in [0.2, 0.25) is 0 Å². The summed E-state index contributed by atoms with van der Waals surface area (Å²) in [5.74, 6) is 12.3. The number of hydrogen-bond donors (Lipinski definition) is 1. The number of aliphatic hydroxyl groups is 1. The Bertz CT molecular complexity index is 1180. The molecule has 0 aromatic carbocycles. The minimum absolute atomic E-state index is 0.330. The predicted molar refractivity (Wildman–Crippen MR) is 152 cm³/mol. The maximum Gasteiger partial charge on any atom is 0.0431 e. The fraction of sp³-hybridized carbons (Fsp3) is 0.889. The molecule has 2 nitrogen and oxygen atoms in total. The van der Waals surface area contributed by atoms with Gasteiger partial charge in [-0.2, -0.15) is 0 Å².